The number of benzene rings is 2. The van der Waals surface area contributed by atoms with E-state index in [1.54, 1.807) is 6.07 Å². The first-order valence-corrected chi connectivity index (χ1v) is 7.94. The van der Waals surface area contributed by atoms with Crippen LogP contribution >= 0.6 is 15.9 Å². The SMILES string of the molecule is CC(C)c1ccccc1NC(=O)c1cc2cccc(Br)c2o1. The highest BCUT2D eigenvalue weighted by molar-refractivity contribution is 9.10. The fraction of sp³-hybridized carbons (Fsp3) is 0.167. The van der Waals surface area contributed by atoms with Crippen molar-refractivity contribution in [2.45, 2.75) is 19.8 Å². The van der Waals surface area contributed by atoms with Crippen LogP contribution in [0.1, 0.15) is 35.9 Å². The molecule has 3 aromatic rings. The molecule has 4 heteroatoms. The summed E-state index contributed by atoms with van der Waals surface area (Å²) in [5.41, 5.74) is 2.61. The summed E-state index contributed by atoms with van der Waals surface area (Å²) in [5.74, 6) is 0.401. The van der Waals surface area contributed by atoms with Crippen LogP contribution in [-0.4, -0.2) is 5.91 Å². The van der Waals surface area contributed by atoms with Crippen LogP contribution in [-0.2, 0) is 0 Å². The molecule has 3 nitrogen and oxygen atoms in total. The van der Waals surface area contributed by atoms with Gasteiger partial charge in [-0.05, 0) is 45.6 Å². The van der Waals surface area contributed by atoms with Gasteiger partial charge in [-0.3, -0.25) is 4.79 Å². The maximum absolute atomic E-state index is 12.4. The molecule has 3 rings (SSSR count). The normalized spacial score (nSPS) is 11.1. The molecule has 0 saturated heterocycles. The molecule has 0 atom stereocenters. The molecule has 0 fully saturated rings. The Morgan fingerprint density at radius 1 is 1.14 bits per heavy atom. The smallest absolute Gasteiger partial charge is 0.291 e. The van der Waals surface area contributed by atoms with Crippen molar-refractivity contribution < 1.29 is 9.21 Å². The van der Waals surface area contributed by atoms with E-state index in [4.69, 9.17) is 4.42 Å². The molecular weight excluding hydrogens is 342 g/mol. The van der Waals surface area contributed by atoms with Gasteiger partial charge in [0.2, 0.25) is 0 Å². The number of halogens is 1. The van der Waals surface area contributed by atoms with Gasteiger partial charge in [0.1, 0.15) is 5.58 Å². The maximum Gasteiger partial charge on any atom is 0.291 e. The molecule has 0 saturated carbocycles. The minimum Gasteiger partial charge on any atom is -0.450 e. The van der Waals surface area contributed by atoms with Crippen LogP contribution in [0.3, 0.4) is 0 Å². The van der Waals surface area contributed by atoms with Gasteiger partial charge in [-0.2, -0.15) is 0 Å². The number of rotatable bonds is 3. The zero-order valence-electron chi connectivity index (χ0n) is 12.4. The number of carbonyl (C=O) groups is 1. The van der Waals surface area contributed by atoms with Gasteiger partial charge in [0.25, 0.3) is 5.91 Å². The van der Waals surface area contributed by atoms with Crippen molar-refractivity contribution in [3.05, 3.63) is 64.3 Å². The molecule has 1 amide bonds. The fourth-order valence-electron chi connectivity index (χ4n) is 2.44. The lowest BCUT2D eigenvalue weighted by atomic mass is 10.0. The van der Waals surface area contributed by atoms with Gasteiger partial charge in [0.15, 0.2) is 5.76 Å². The Morgan fingerprint density at radius 2 is 1.91 bits per heavy atom. The molecule has 0 spiro atoms. The van der Waals surface area contributed by atoms with Crippen LogP contribution in [0.25, 0.3) is 11.0 Å². The molecule has 0 unspecified atom stereocenters. The van der Waals surface area contributed by atoms with E-state index in [2.05, 4.69) is 35.1 Å². The van der Waals surface area contributed by atoms with Crippen LogP contribution < -0.4 is 5.32 Å². The van der Waals surface area contributed by atoms with Gasteiger partial charge in [0.05, 0.1) is 4.47 Å². The van der Waals surface area contributed by atoms with Crippen LogP contribution in [0.5, 0.6) is 0 Å². The first-order chi connectivity index (χ1) is 10.6. The van der Waals surface area contributed by atoms with E-state index in [-0.39, 0.29) is 5.91 Å². The Hall–Kier alpha value is -2.07. The van der Waals surface area contributed by atoms with Gasteiger partial charge < -0.3 is 9.73 Å². The molecular formula is C18H16BrNO2. The van der Waals surface area contributed by atoms with Gasteiger partial charge >= 0.3 is 0 Å². The number of anilines is 1. The summed E-state index contributed by atoms with van der Waals surface area (Å²) in [4.78, 5) is 12.4. The molecule has 0 aliphatic heterocycles. The molecule has 0 aliphatic carbocycles. The second-order valence-corrected chi connectivity index (χ2v) is 6.32. The average molecular weight is 358 g/mol. The fourth-order valence-corrected chi connectivity index (χ4v) is 2.90. The van der Waals surface area contributed by atoms with Crippen molar-refractivity contribution in [2.24, 2.45) is 0 Å². The first kappa shape index (κ1) is 14.9. The monoisotopic (exact) mass is 357 g/mol. The number of fused-ring (bicyclic) bond motifs is 1. The summed E-state index contributed by atoms with van der Waals surface area (Å²) in [5, 5.41) is 3.84. The van der Waals surface area contributed by atoms with Gasteiger partial charge in [0, 0.05) is 11.1 Å². The Morgan fingerprint density at radius 3 is 2.64 bits per heavy atom. The molecule has 1 N–H and O–H groups in total. The predicted octanol–water partition coefficient (Wildman–Crippen LogP) is 5.57. The zero-order chi connectivity index (χ0) is 15.7. The minimum atomic E-state index is -0.240. The quantitative estimate of drug-likeness (QED) is 0.665. The molecule has 22 heavy (non-hydrogen) atoms. The molecule has 0 aliphatic rings. The predicted molar refractivity (Wildman–Crippen MR) is 92.4 cm³/mol. The molecule has 2 aromatic carbocycles. The molecule has 0 radical (unpaired) electrons. The summed E-state index contributed by atoms with van der Waals surface area (Å²) in [6, 6.07) is 15.3. The summed E-state index contributed by atoms with van der Waals surface area (Å²) in [6.45, 7) is 4.20. The second kappa shape index (κ2) is 5.97. The van der Waals surface area contributed by atoms with Crippen molar-refractivity contribution >= 4 is 38.5 Å². The van der Waals surface area contributed by atoms with Gasteiger partial charge in [-0.15, -0.1) is 0 Å². The van der Waals surface area contributed by atoms with E-state index in [1.165, 1.54) is 0 Å². The van der Waals surface area contributed by atoms with E-state index in [1.807, 2.05) is 42.5 Å². The molecule has 1 aromatic heterocycles. The Kier molecular flexibility index (Phi) is 4.03. The third-order valence-corrected chi connectivity index (χ3v) is 4.18. The van der Waals surface area contributed by atoms with Gasteiger partial charge in [-0.25, -0.2) is 0 Å². The highest BCUT2D eigenvalue weighted by atomic mass is 79.9. The summed E-state index contributed by atoms with van der Waals surface area (Å²) >= 11 is 3.43. The third-order valence-electron chi connectivity index (χ3n) is 3.55. The molecule has 1 heterocycles. The van der Waals surface area contributed by atoms with E-state index in [0.29, 0.717) is 17.3 Å². The molecule has 0 bridgehead atoms. The lowest BCUT2D eigenvalue weighted by molar-refractivity contribution is 0.0998. The first-order valence-electron chi connectivity index (χ1n) is 7.14. The zero-order valence-corrected chi connectivity index (χ0v) is 14.0. The van der Waals surface area contributed by atoms with Crippen molar-refractivity contribution in [3.63, 3.8) is 0 Å². The summed E-state index contributed by atoms with van der Waals surface area (Å²) < 4.78 is 6.51. The van der Waals surface area contributed by atoms with Crippen LogP contribution in [0.15, 0.2) is 57.4 Å². The lowest BCUT2D eigenvalue weighted by Gasteiger charge is -2.12. The second-order valence-electron chi connectivity index (χ2n) is 5.46. The van der Waals surface area contributed by atoms with Crippen molar-refractivity contribution in [3.8, 4) is 0 Å². The highest BCUT2D eigenvalue weighted by Gasteiger charge is 2.15. The number of amides is 1. The Labute approximate surface area is 137 Å². The largest absolute Gasteiger partial charge is 0.450 e. The van der Waals surface area contributed by atoms with Crippen LogP contribution in [0.4, 0.5) is 5.69 Å². The maximum atomic E-state index is 12.4. The topological polar surface area (TPSA) is 42.2 Å². The number of hydrogen-bond acceptors (Lipinski definition) is 2. The van der Waals surface area contributed by atoms with Crippen LogP contribution in [0, 0.1) is 0 Å². The van der Waals surface area contributed by atoms with Crippen molar-refractivity contribution in [1.29, 1.82) is 0 Å². The number of carbonyl (C=O) groups excluding carboxylic acids is 1. The average Bonchev–Trinajstić information content (AvgIpc) is 2.93. The Bertz CT molecular complexity index is 836. The van der Waals surface area contributed by atoms with Crippen molar-refractivity contribution in [2.75, 3.05) is 5.32 Å². The summed E-state index contributed by atoms with van der Waals surface area (Å²) in [7, 11) is 0. The number of para-hydroxylation sites is 2. The minimum absolute atomic E-state index is 0.240. The van der Waals surface area contributed by atoms with Crippen LogP contribution in [0.2, 0.25) is 0 Å². The molecule has 112 valence electrons. The van der Waals surface area contributed by atoms with E-state index in [9.17, 15) is 4.79 Å². The number of nitrogens with one attached hydrogen (secondary N) is 1. The number of furan rings is 1. The summed E-state index contributed by atoms with van der Waals surface area (Å²) in [6.07, 6.45) is 0. The Balaban J connectivity index is 1.92. The van der Waals surface area contributed by atoms with E-state index in [0.717, 1.165) is 21.1 Å². The standard InChI is InChI=1S/C18H16BrNO2/c1-11(2)13-7-3-4-9-15(13)20-18(21)16-10-12-6-5-8-14(19)17(12)22-16/h3-11H,1-2H3,(H,20,21). The van der Waals surface area contributed by atoms with E-state index >= 15 is 0 Å². The van der Waals surface area contributed by atoms with E-state index < -0.39 is 0 Å². The number of hydrogen-bond donors (Lipinski definition) is 1. The third kappa shape index (κ3) is 2.79. The lowest BCUT2D eigenvalue weighted by Crippen LogP contribution is -2.12. The highest BCUT2D eigenvalue weighted by Crippen LogP contribution is 2.28. The van der Waals surface area contributed by atoms with Crippen molar-refractivity contribution in [1.82, 2.24) is 0 Å². The van der Waals surface area contributed by atoms with Gasteiger partial charge in [-0.1, -0.05) is 44.2 Å².